The number of anilines is 1. The zero-order valence-corrected chi connectivity index (χ0v) is 19.1. The smallest absolute Gasteiger partial charge is 0.418 e. The molecule has 1 aromatic heterocycles. The van der Waals surface area contributed by atoms with Gasteiger partial charge in [-0.2, -0.15) is 4.98 Å². The number of aliphatic hydroxyl groups is 3. The maximum Gasteiger partial charge on any atom is 0.460 e. The highest BCUT2D eigenvalue weighted by molar-refractivity contribution is 7.41. The first-order valence-electron chi connectivity index (χ1n) is 10.2. The van der Waals surface area contributed by atoms with Crippen molar-refractivity contribution in [3.8, 4) is 11.5 Å². The second kappa shape index (κ2) is 11.4. The second-order valence-corrected chi connectivity index (χ2v) is 8.22. The van der Waals surface area contributed by atoms with E-state index in [1.807, 2.05) is 36.4 Å². The lowest BCUT2D eigenvalue weighted by molar-refractivity contribution is -0.137. The van der Waals surface area contributed by atoms with Crippen LogP contribution in [0, 0.1) is 0 Å². The molecule has 11 nitrogen and oxygen atoms in total. The Balaban J connectivity index is 0.000000192. The van der Waals surface area contributed by atoms with Crippen LogP contribution in [0.1, 0.15) is 6.92 Å². The lowest BCUT2D eigenvalue weighted by Gasteiger charge is -2.29. The van der Waals surface area contributed by atoms with Crippen LogP contribution in [-0.4, -0.2) is 54.7 Å². The molecule has 0 bridgehead atoms. The molecule has 2 aromatic carbocycles. The molecule has 1 aliphatic rings. The van der Waals surface area contributed by atoms with Crippen molar-refractivity contribution in [2.45, 2.75) is 31.0 Å². The van der Waals surface area contributed by atoms with Crippen molar-refractivity contribution in [2.75, 3.05) is 12.3 Å². The number of benzene rings is 2. The van der Waals surface area contributed by atoms with Gasteiger partial charge in [-0.3, -0.25) is 4.57 Å². The van der Waals surface area contributed by atoms with Crippen molar-refractivity contribution < 1.29 is 34.0 Å². The van der Waals surface area contributed by atoms with Crippen LogP contribution in [0.4, 0.5) is 5.82 Å². The first-order chi connectivity index (χ1) is 16.2. The van der Waals surface area contributed by atoms with Gasteiger partial charge in [-0.15, -0.1) is 0 Å². The minimum absolute atomic E-state index is 0.0478. The fourth-order valence-electron chi connectivity index (χ4n) is 3.23. The van der Waals surface area contributed by atoms with Crippen LogP contribution in [0.25, 0.3) is 0 Å². The minimum atomic E-state index is -1.93. The summed E-state index contributed by atoms with van der Waals surface area (Å²) in [6.45, 7) is 0.959. The van der Waals surface area contributed by atoms with E-state index >= 15 is 0 Å². The number of aromatic nitrogens is 2. The molecule has 6 N–H and O–H groups in total. The topological polar surface area (TPSA) is 170 Å². The molecule has 0 unspecified atom stereocenters. The second-order valence-electron chi connectivity index (χ2n) is 7.38. The van der Waals surface area contributed by atoms with E-state index in [4.69, 9.17) is 24.6 Å². The first-order valence-corrected chi connectivity index (χ1v) is 11.3. The van der Waals surface area contributed by atoms with Crippen LogP contribution in [0.15, 0.2) is 77.7 Å². The molecule has 4 rings (SSSR count). The molecule has 0 spiro atoms. The highest BCUT2D eigenvalue weighted by Crippen LogP contribution is 2.36. The van der Waals surface area contributed by atoms with Gasteiger partial charge in [0, 0.05) is 6.20 Å². The molecule has 0 radical (unpaired) electrons. The van der Waals surface area contributed by atoms with Crippen LogP contribution in [0.2, 0.25) is 0 Å². The number of ether oxygens (including phenoxy) is 1. The van der Waals surface area contributed by atoms with Crippen LogP contribution >= 0.6 is 8.60 Å². The average molecular weight is 491 g/mol. The van der Waals surface area contributed by atoms with Gasteiger partial charge >= 0.3 is 14.3 Å². The quantitative estimate of drug-likeness (QED) is 0.313. The molecule has 12 heteroatoms. The normalized spacial score (nSPS) is 23.8. The number of hydrogen-bond acceptors (Lipinski definition) is 10. The van der Waals surface area contributed by atoms with E-state index < -0.39 is 44.9 Å². The van der Waals surface area contributed by atoms with E-state index in [-0.39, 0.29) is 5.82 Å². The molecule has 3 aromatic rings. The molecule has 0 aliphatic carbocycles. The van der Waals surface area contributed by atoms with E-state index in [1.54, 1.807) is 24.3 Å². The number of nitrogen functional groups attached to an aromatic ring is 1. The maximum atomic E-state index is 11.7. The third kappa shape index (κ3) is 6.09. The van der Waals surface area contributed by atoms with Crippen molar-refractivity contribution >= 4 is 14.4 Å². The molecule has 34 heavy (non-hydrogen) atoms. The number of para-hydroxylation sites is 2. The van der Waals surface area contributed by atoms with Gasteiger partial charge < -0.3 is 39.7 Å². The summed E-state index contributed by atoms with van der Waals surface area (Å²) in [6, 6.07) is 19.5. The Morgan fingerprint density at radius 3 is 2.03 bits per heavy atom. The molecule has 0 saturated carbocycles. The van der Waals surface area contributed by atoms with E-state index in [0.717, 1.165) is 4.57 Å². The standard InChI is InChI=1S/C12H11O3P.C10H15N3O5/c13-16(14-11-7-3-1-4-8-11)15-12-9-5-2-6-10-12;1-10(8(16)7(15)5(4-14)18-10)13-3-2-6(11)12-9(13)17/h1-10,13H;2-3,5,7-8,14-16H,4H2,1H3,(H2,11,12,17)/t;5-,7-,8-,10-/m.1/s1. The van der Waals surface area contributed by atoms with Crippen molar-refractivity contribution in [1.29, 1.82) is 0 Å². The molecule has 4 atom stereocenters. The molecular formula is C22H26N3O8P. The van der Waals surface area contributed by atoms with Gasteiger partial charge in [-0.05, 0) is 37.3 Å². The van der Waals surface area contributed by atoms with E-state index in [0.29, 0.717) is 11.5 Å². The number of nitrogens with two attached hydrogens (primary N) is 1. The van der Waals surface area contributed by atoms with Crippen molar-refractivity contribution in [2.24, 2.45) is 0 Å². The molecule has 1 aliphatic heterocycles. The highest BCUT2D eigenvalue weighted by Gasteiger charge is 2.52. The van der Waals surface area contributed by atoms with Gasteiger partial charge in [0.2, 0.25) is 0 Å². The minimum Gasteiger partial charge on any atom is -0.418 e. The fourth-order valence-corrected chi connectivity index (χ4v) is 3.87. The molecule has 1 saturated heterocycles. The van der Waals surface area contributed by atoms with Gasteiger partial charge in [-0.25, -0.2) is 4.79 Å². The Morgan fingerprint density at radius 1 is 1.06 bits per heavy atom. The summed E-state index contributed by atoms with van der Waals surface area (Å²) in [5, 5.41) is 28.7. The summed E-state index contributed by atoms with van der Waals surface area (Å²) < 4.78 is 16.8. The monoisotopic (exact) mass is 491 g/mol. The largest absolute Gasteiger partial charge is 0.460 e. The van der Waals surface area contributed by atoms with Gasteiger partial charge in [0.1, 0.15) is 35.6 Å². The lowest BCUT2D eigenvalue weighted by Crippen LogP contribution is -2.48. The lowest BCUT2D eigenvalue weighted by atomic mass is 10.0. The van der Waals surface area contributed by atoms with Gasteiger partial charge in [0.05, 0.1) is 6.61 Å². The molecule has 182 valence electrons. The van der Waals surface area contributed by atoms with Crippen molar-refractivity contribution in [3.05, 3.63) is 83.4 Å². The summed E-state index contributed by atoms with van der Waals surface area (Å²) >= 11 is 0. The van der Waals surface area contributed by atoms with Crippen molar-refractivity contribution in [1.82, 2.24) is 9.55 Å². The SMILES string of the molecule is C[C@@]1(n2ccc(N)nc2=O)O[C@H](CO)[C@@H](O)[C@H]1O.OP(Oc1ccccc1)Oc1ccccc1. The Hall–Kier alpha value is -3.05. The highest BCUT2D eigenvalue weighted by atomic mass is 31.2. The van der Waals surface area contributed by atoms with Crippen LogP contribution in [-0.2, 0) is 10.5 Å². The summed E-state index contributed by atoms with van der Waals surface area (Å²) in [4.78, 5) is 24.8. The Kier molecular flexibility index (Phi) is 8.56. The molecule has 0 amide bonds. The van der Waals surface area contributed by atoms with Gasteiger partial charge in [-0.1, -0.05) is 36.4 Å². The van der Waals surface area contributed by atoms with E-state index in [9.17, 15) is 19.9 Å². The summed E-state index contributed by atoms with van der Waals surface area (Å²) in [5.41, 5.74) is 3.17. The molecule has 2 heterocycles. The predicted octanol–water partition coefficient (Wildman–Crippen LogP) is 0.975. The van der Waals surface area contributed by atoms with Gasteiger partial charge in [0.25, 0.3) is 0 Å². The number of aliphatic hydroxyl groups excluding tert-OH is 3. The molecule has 1 fully saturated rings. The summed E-state index contributed by atoms with van der Waals surface area (Å²) in [7, 11) is -1.93. The van der Waals surface area contributed by atoms with Gasteiger partial charge in [0.15, 0.2) is 5.72 Å². The number of nitrogens with zero attached hydrogens (tertiary/aromatic N) is 2. The zero-order valence-electron chi connectivity index (χ0n) is 18.2. The first kappa shape index (κ1) is 25.6. The van der Waals surface area contributed by atoms with E-state index in [2.05, 4.69) is 4.98 Å². The van der Waals surface area contributed by atoms with Crippen molar-refractivity contribution in [3.63, 3.8) is 0 Å². The van der Waals surface area contributed by atoms with Crippen LogP contribution < -0.4 is 20.5 Å². The average Bonchev–Trinajstić information content (AvgIpc) is 3.05. The fraction of sp³-hybridized carbons (Fsp3) is 0.273. The Bertz CT molecular complexity index is 1060. The van der Waals surface area contributed by atoms with E-state index in [1.165, 1.54) is 19.2 Å². The maximum absolute atomic E-state index is 11.7. The molecular weight excluding hydrogens is 465 g/mol. The number of rotatable bonds is 6. The zero-order chi connectivity index (χ0) is 24.7. The van der Waals surface area contributed by atoms with Crippen LogP contribution in [0.5, 0.6) is 11.5 Å². The predicted molar refractivity (Wildman–Crippen MR) is 124 cm³/mol. The van der Waals surface area contributed by atoms with Crippen LogP contribution in [0.3, 0.4) is 0 Å². The summed E-state index contributed by atoms with van der Waals surface area (Å²) in [6.07, 6.45) is -2.29. The summed E-state index contributed by atoms with van der Waals surface area (Å²) in [5.74, 6) is 1.23. The number of hydrogen-bond donors (Lipinski definition) is 5. The third-order valence-corrected chi connectivity index (χ3v) is 5.71. The Morgan fingerprint density at radius 2 is 1.59 bits per heavy atom. The Labute approximate surface area is 196 Å². The third-order valence-electron chi connectivity index (χ3n) is 4.98.